The number of halogens is 2. The fourth-order valence-electron chi connectivity index (χ4n) is 1.79. The highest BCUT2D eigenvalue weighted by molar-refractivity contribution is 6.33. The highest BCUT2D eigenvalue weighted by Crippen LogP contribution is 2.21. The van der Waals surface area contributed by atoms with Crippen LogP contribution < -0.4 is 5.56 Å². The Morgan fingerprint density at radius 1 is 1.26 bits per heavy atom. The Kier molecular flexibility index (Phi) is 3.94. The molecule has 2 rings (SSSR count). The summed E-state index contributed by atoms with van der Waals surface area (Å²) in [5, 5.41) is 9.98. The average Bonchev–Trinajstić information content (AvgIpc) is 2.38. The number of aryl methyl sites for hydroxylation is 1. The number of rotatable bonds is 2. The van der Waals surface area contributed by atoms with E-state index in [0.717, 1.165) is 11.3 Å². The molecule has 19 heavy (non-hydrogen) atoms. The van der Waals surface area contributed by atoms with Crippen LogP contribution in [0.25, 0.3) is 0 Å². The number of nitriles is 1. The Morgan fingerprint density at radius 3 is 2.68 bits per heavy atom. The minimum absolute atomic E-state index is 0.115. The number of nitrogens with zero attached hydrogens (tertiary/aromatic N) is 2. The van der Waals surface area contributed by atoms with Gasteiger partial charge in [-0.3, -0.25) is 4.79 Å². The Morgan fingerprint density at radius 2 is 2.00 bits per heavy atom. The molecule has 0 amide bonds. The molecule has 0 spiro atoms. The van der Waals surface area contributed by atoms with Crippen molar-refractivity contribution in [1.82, 2.24) is 4.57 Å². The van der Waals surface area contributed by atoms with E-state index in [2.05, 4.69) is 0 Å². The lowest BCUT2D eigenvalue weighted by Gasteiger charge is -2.11. The molecule has 0 aliphatic heterocycles. The Balaban J connectivity index is 2.53. The van der Waals surface area contributed by atoms with Gasteiger partial charge in [-0.15, -0.1) is 0 Å². The zero-order chi connectivity index (χ0) is 14.0. The summed E-state index contributed by atoms with van der Waals surface area (Å²) in [6.07, 6.45) is 0. The minimum atomic E-state index is -0.321. The Hall–Kier alpha value is -1.76. The minimum Gasteiger partial charge on any atom is -0.307 e. The van der Waals surface area contributed by atoms with Gasteiger partial charge >= 0.3 is 0 Å². The van der Waals surface area contributed by atoms with Crippen molar-refractivity contribution < 1.29 is 0 Å². The summed E-state index contributed by atoms with van der Waals surface area (Å²) in [5.41, 5.74) is 1.30. The lowest BCUT2D eigenvalue weighted by molar-refractivity contribution is 0.727. The molecule has 0 unspecified atom stereocenters. The van der Waals surface area contributed by atoms with Crippen molar-refractivity contribution >= 4 is 23.2 Å². The summed E-state index contributed by atoms with van der Waals surface area (Å²) in [4.78, 5) is 12.1. The first-order chi connectivity index (χ1) is 9.02. The molecule has 0 atom stereocenters. The van der Waals surface area contributed by atoms with E-state index < -0.39 is 0 Å². The van der Waals surface area contributed by atoms with Crippen LogP contribution in [0.2, 0.25) is 10.0 Å². The molecular weight excluding hydrogens is 283 g/mol. The van der Waals surface area contributed by atoms with E-state index in [0.29, 0.717) is 16.6 Å². The SMILES string of the molecule is Cc1ccc(C#N)c(=O)n1Cc1cc(Cl)ccc1Cl. The molecule has 3 nitrogen and oxygen atoms in total. The van der Waals surface area contributed by atoms with E-state index in [-0.39, 0.29) is 11.1 Å². The number of aromatic nitrogens is 1. The topological polar surface area (TPSA) is 45.8 Å². The first-order valence-corrected chi connectivity index (χ1v) is 6.33. The third-order valence-electron chi connectivity index (χ3n) is 2.85. The quantitative estimate of drug-likeness (QED) is 0.852. The monoisotopic (exact) mass is 292 g/mol. The molecule has 0 saturated heterocycles. The highest BCUT2D eigenvalue weighted by atomic mass is 35.5. The lowest BCUT2D eigenvalue weighted by atomic mass is 10.2. The average molecular weight is 293 g/mol. The van der Waals surface area contributed by atoms with E-state index in [1.54, 1.807) is 31.2 Å². The standard InChI is InChI=1S/C14H10Cl2N2O/c1-9-2-3-10(7-17)14(19)18(9)8-11-6-12(15)4-5-13(11)16/h2-6H,8H2,1H3. The zero-order valence-electron chi connectivity index (χ0n) is 10.2. The molecule has 0 aliphatic carbocycles. The van der Waals surface area contributed by atoms with Crippen molar-refractivity contribution in [2.45, 2.75) is 13.5 Å². The summed E-state index contributed by atoms with van der Waals surface area (Å²) in [7, 11) is 0. The molecule has 1 aromatic heterocycles. The molecule has 0 radical (unpaired) electrons. The number of hydrogen-bond acceptors (Lipinski definition) is 2. The molecule has 96 valence electrons. The molecule has 1 heterocycles. The number of pyridine rings is 1. The molecule has 0 fully saturated rings. The summed E-state index contributed by atoms with van der Waals surface area (Å²) in [5.74, 6) is 0. The van der Waals surface area contributed by atoms with Crippen LogP contribution in [0.15, 0.2) is 35.1 Å². The van der Waals surface area contributed by atoms with Crippen LogP contribution in [0.1, 0.15) is 16.8 Å². The largest absolute Gasteiger partial charge is 0.307 e. The third kappa shape index (κ3) is 2.81. The van der Waals surface area contributed by atoms with Gasteiger partial charge in [-0.1, -0.05) is 23.2 Å². The second-order valence-electron chi connectivity index (χ2n) is 4.13. The normalized spacial score (nSPS) is 10.2. The van der Waals surface area contributed by atoms with Crippen molar-refractivity contribution in [2.75, 3.05) is 0 Å². The maximum Gasteiger partial charge on any atom is 0.268 e. The third-order valence-corrected chi connectivity index (χ3v) is 3.45. The lowest BCUT2D eigenvalue weighted by Crippen LogP contribution is -2.25. The summed E-state index contributed by atoms with van der Waals surface area (Å²) >= 11 is 12.0. The Bertz CT molecular complexity index is 729. The molecule has 1 aromatic carbocycles. The van der Waals surface area contributed by atoms with Crippen molar-refractivity contribution in [2.24, 2.45) is 0 Å². The van der Waals surface area contributed by atoms with E-state index in [4.69, 9.17) is 28.5 Å². The van der Waals surface area contributed by atoms with Crippen LogP contribution in [-0.4, -0.2) is 4.57 Å². The first-order valence-electron chi connectivity index (χ1n) is 5.57. The van der Waals surface area contributed by atoms with Gasteiger partial charge in [-0.2, -0.15) is 5.26 Å². The molecule has 2 aromatic rings. The van der Waals surface area contributed by atoms with Gasteiger partial charge in [-0.25, -0.2) is 0 Å². The van der Waals surface area contributed by atoms with Gasteiger partial charge in [0, 0.05) is 15.7 Å². The summed E-state index contributed by atoms with van der Waals surface area (Å²) in [6.45, 7) is 2.10. The molecule has 5 heteroatoms. The summed E-state index contributed by atoms with van der Waals surface area (Å²) < 4.78 is 1.51. The highest BCUT2D eigenvalue weighted by Gasteiger charge is 2.09. The van der Waals surface area contributed by atoms with Crippen LogP contribution >= 0.6 is 23.2 Å². The van der Waals surface area contributed by atoms with Gasteiger partial charge in [0.2, 0.25) is 0 Å². The van der Waals surface area contributed by atoms with Gasteiger partial charge in [0.05, 0.1) is 6.54 Å². The van der Waals surface area contributed by atoms with Gasteiger partial charge in [0.15, 0.2) is 0 Å². The molecule has 0 N–H and O–H groups in total. The Labute approximate surface area is 120 Å². The zero-order valence-corrected chi connectivity index (χ0v) is 11.7. The van der Waals surface area contributed by atoms with E-state index >= 15 is 0 Å². The van der Waals surface area contributed by atoms with Crippen molar-refractivity contribution in [3.05, 3.63) is 67.6 Å². The maximum absolute atomic E-state index is 12.1. The predicted molar refractivity (Wildman–Crippen MR) is 75.7 cm³/mol. The fourth-order valence-corrected chi connectivity index (χ4v) is 2.16. The molecule has 0 bridgehead atoms. The van der Waals surface area contributed by atoms with Crippen LogP contribution in [0.3, 0.4) is 0 Å². The molecular formula is C14H10Cl2N2O. The van der Waals surface area contributed by atoms with Crippen molar-refractivity contribution in [3.8, 4) is 6.07 Å². The molecule has 0 aliphatic rings. The fraction of sp³-hybridized carbons (Fsp3) is 0.143. The van der Waals surface area contributed by atoms with Crippen LogP contribution in [0.5, 0.6) is 0 Å². The predicted octanol–water partition coefficient (Wildman–Crippen LogP) is 3.38. The van der Waals surface area contributed by atoms with E-state index in [1.807, 2.05) is 6.07 Å². The first kappa shape index (κ1) is 13.7. The smallest absolute Gasteiger partial charge is 0.268 e. The second-order valence-corrected chi connectivity index (χ2v) is 4.97. The maximum atomic E-state index is 12.1. The van der Waals surface area contributed by atoms with Crippen LogP contribution in [0, 0.1) is 18.3 Å². The summed E-state index contributed by atoms with van der Waals surface area (Å²) in [6, 6.07) is 10.2. The van der Waals surface area contributed by atoms with Gasteiger partial charge in [-0.05, 0) is 42.8 Å². The number of benzene rings is 1. The van der Waals surface area contributed by atoms with Gasteiger partial charge in [0.1, 0.15) is 11.6 Å². The van der Waals surface area contributed by atoms with Crippen LogP contribution in [-0.2, 0) is 6.54 Å². The van der Waals surface area contributed by atoms with Crippen LogP contribution in [0.4, 0.5) is 0 Å². The van der Waals surface area contributed by atoms with E-state index in [1.165, 1.54) is 10.6 Å². The van der Waals surface area contributed by atoms with E-state index in [9.17, 15) is 4.79 Å². The van der Waals surface area contributed by atoms with Crippen molar-refractivity contribution in [3.63, 3.8) is 0 Å². The van der Waals surface area contributed by atoms with Crippen molar-refractivity contribution in [1.29, 1.82) is 5.26 Å². The van der Waals surface area contributed by atoms with Gasteiger partial charge in [0.25, 0.3) is 5.56 Å². The van der Waals surface area contributed by atoms with Gasteiger partial charge < -0.3 is 4.57 Å². The molecule has 0 saturated carbocycles. The number of hydrogen-bond donors (Lipinski definition) is 0. The second kappa shape index (κ2) is 5.48.